The summed E-state index contributed by atoms with van der Waals surface area (Å²) in [4.78, 5) is 30.1. The van der Waals surface area contributed by atoms with Gasteiger partial charge in [-0.15, -0.1) is 11.8 Å². The molecule has 0 spiro atoms. The fraction of sp³-hybridized carbons (Fsp3) is 0.348. The molecule has 4 rings (SSSR count). The van der Waals surface area contributed by atoms with Gasteiger partial charge >= 0.3 is 0 Å². The molecule has 2 N–H and O–H groups in total. The van der Waals surface area contributed by atoms with Gasteiger partial charge in [0, 0.05) is 36.1 Å². The van der Waals surface area contributed by atoms with Gasteiger partial charge in [-0.3, -0.25) is 14.6 Å². The van der Waals surface area contributed by atoms with Gasteiger partial charge in [0.25, 0.3) is 5.91 Å². The summed E-state index contributed by atoms with van der Waals surface area (Å²) < 4.78 is 5.26. The molecule has 1 aromatic carbocycles. The van der Waals surface area contributed by atoms with Crippen molar-refractivity contribution in [1.82, 2.24) is 15.6 Å². The van der Waals surface area contributed by atoms with E-state index in [2.05, 4.69) is 15.6 Å². The largest absolute Gasteiger partial charge is 0.497 e. The number of aromatic nitrogens is 1. The molecule has 7 heteroatoms. The zero-order chi connectivity index (χ0) is 20.9. The number of carbonyl (C=O) groups excluding carboxylic acids is 2. The van der Waals surface area contributed by atoms with E-state index >= 15 is 0 Å². The Morgan fingerprint density at radius 1 is 1.33 bits per heavy atom. The molecule has 1 saturated heterocycles. The van der Waals surface area contributed by atoms with Crippen LogP contribution in [-0.2, 0) is 16.1 Å². The number of fused-ring (bicyclic) bond motifs is 1. The number of ether oxygens (including phenoxy) is 1. The van der Waals surface area contributed by atoms with Gasteiger partial charge in [0.15, 0.2) is 0 Å². The van der Waals surface area contributed by atoms with Crippen molar-refractivity contribution in [1.29, 1.82) is 0 Å². The molecule has 0 bridgehead atoms. The third kappa shape index (κ3) is 4.84. The van der Waals surface area contributed by atoms with Gasteiger partial charge in [-0.1, -0.05) is 18.2 Å². The van der Waals surface area contributed by atoms with Crippen LogP contribution >= 0.6 is 11.8 Å². The van der Waals surface area contributed by atoms with Gasteiger partial charge in [0.05, 0.1) is 12.0 Å². The molecule has 2 amide bonds. The molecule has 3 atom stereocenters. The second-order valence-electron chi connectivity index (χ2n) is 7.61. The first kappa shape index (κ1) is 20.5. The summed E-state index contributed by atoms with van der Waals surface area (Å²) in [6.45, 7) is 0.478. The standard InChI is InChI=1S/C23H25N3O3S/c1-29-18-6-2-4-15(10-18)11-21-23(28)26-19-12-17(7-8-20(19)30-21)22(27)25-14-16-5-3-9-24-13-16/h2-6,9-11,13,17,19-20H,7-8,12,14H2,1H3,(H,25,27)(H,26,28)/b21-11+. The molecule has 1 aromatic heterocycles. The minimum atomic E-state index is -0.0762. The molecule has 1 aliphatic heterocycles. The van der Waals surface area contributed by atoms with Gasteiger partial charge < -0.3 is 15.4 Å². The van der Waals surface area contributed by atoms with Gasteiger partial charge in [-0.2, -0.15) is 0 Å². The van der Waals surface area contributed by atoms with Gasteiger partial charge in [-0.25, -0.2) is 0 Å². The first-order valence-corrected chi connectivity index (χ1v) is 11.0. The van der Waals surface area contributed by atoms with E-state index in [1.807, 2.05) is 42.5 Å². The van der Waals surface area contributed by atoms with E-state index in [0.29, 0.717) is 23.1 Å². The molecule has 2 aromatic rings. The minimum absolute atomic E-state index is 0.0212. The van der Waals surface area contributed by atoms with Gasteiger partial charge in [-0.05, 0) is 54.7 Å². The topological polar surface area (TPSA) is 80.3 Å². The molecule has 0 radical (unpaired) electrons. The molecule has 2 aliphatic rings. The molecule has 6 nitrogen and oxygen atoms in total. The Bertz CT molecular complexity index is 948. The maximum absolute atomic E-state index is 12.7. The molecular weight excluding hydrogens is 398 g/mol. The fourth-order valence-electron chi connectivity index (χ4n) is 3.95. The highest BCUT2D eigenvalue weighted by molar-refractivity contribution is 8.04. The number of pyridine rings is 1. The Morgan fingerprint density at radius 2 is 2.23 bits per heavy atom. The summed E-state index contributed by atoms with van der Waals surface area (Å²) in [5.74, 6) is 0.670. The van der Waals surface area contributed by atoms with E-state index in [1.165, 1.54) is 0 Å². The number of nitrogens with zero attached hydrogens (tertiary/aromatic N) is 1. The lowest BCUT2D eigenvalue weighted by molar-refractivity contribution is -0.127. The molecule has 3 unspecified atom stereocenters. The van der Waals surface area contributed by atoms with Crippen LogP contribution in [0.3, 0.4) is 0 Å². The van der Waals surface area contributed by atoms with Crippen LogP contribution in [0.15, 0.2) is 53.7 Å². The molecule has 2 fully saturated rings. The number of thioether (sulfide) groups is 1. The van der Waals surface area contributed by atoms with Crippen LogP contribution in [-0.4, -0.2) is 35.2 Å². The number of carbonyl (C=O) groups is 2. The maximum Gasteiger partial charge on any atom is 0.257 e. The number of methoxy groups -OCH3 is 1. The summed E-state index contributed by atoms with van der Waals surface area (Å²) in [6, 6.07) is 11.5. The molecule has 1 aliphatic carbocycles. The van der Waals surface area contributed by atoms with E-state index < -0.39 is 0 Å². The number of rotatable bonds is 5. The maximum atomic E-state index is 12.7. The van der Waals surface area contributed by atoms with Crippen LogP contribution in [0.1, 0.15) is 30.4 Å². The van der Waals surface area contributed by atoms with Crippen molar-refractivity contribution in [2.45, 2.75) is 37.1 Å². The van der Waals surface area contributed by atoms with Crippen molar-refractivity contribution in [3.63, 3.8) is 0 Å². The molecular formula is C23H25N3O3S. The van der Waals surface area contributed by atoms with Crippen molar-refractivity contribution < 1.29 is 14.3 Å². The van der Waals surface area contributed by atoms with E-state index in [0.717, 1.165) is 29.7 Å². The molecule has 30 heavy (non-hydrogen) atoms. The predicted octanol–water partition coefficient (Wildman–Crippen LogP) is 3.15. The summed E-state index contributed by atoms with van der Waals surface area (Å²) in [5, 5.41) is 6.43. The first-order valence-electron chi connectivity index (χ1n) is 10.1. The summed E-state index contributed by atoms with van der Waals surface area (Å²) in [5.41, 5.74) is 1.92. The van der Waals surface area contributed by atoms with Crippen molar-refractivity contribution in [3.8, 4) is 5.75 Å². The lowest BCUT2D eigenvalue weighted by Crippen LogP contribution is -2.51. The van der Waals surface area contributed by atoms with E-state index in [9.17, 15) is 9.59 Å². The Balaban J connectivity index is 1.36. The summed E-state index contributed by atoms with van der Waals surface area (Å²) in [6.07, 6.45) is 7.78. The van der Waals surface area contributed by atoms with Crippen molar-refractivity contribution in [2.75, 3.05) is 7.11 Å². The van der Waals surface area contributed by atoms with Crippen molar-refractivity contribution >= 4 is 29.7 Å². The van der Waals surface area contributed by atoms with E-state index in [-0.39, 0.29) is 23.8 Å². The summed E-state index contributed by atoms with van der Waals surface area (Å²) >= 11 is 1.62. The monoisotopic (exact) mass is 423 g/mol. The van der Waals surface area contributed by atoms with Crippen LogP contribution in [0.4, 0.5) is 0 Å². The Labute approximate surface area is 180 Å². The Kier molecular flexibility index (Phi) is 6.38. The smallest absolute Gasteiger partial charge is 0.257 e. The Hall–Kier alpha value is -2.80. The number of benzene rings is 1. The highest BCUT2D eigenvalue weighted by Gasteiger charge is 2.39. The Morgan fingerprint density at radius 3 is 3.03 bits per heavy atom. The van der Waals surface area contributed by atoms with Crippen LogP contribution in [0, 0.1) is 5.92 Å². The molecule has 2 heterocycles. The van der Waals surface area contributed by atoms with Crippen LogP contribution in [0.2, 0.25) is 0 Å². The lowest BCUT2D eigenvalue weighted by Gasteiger charge is -2.39. The normalized spacial score (nSPS) is 24.6. The predicted molar refractivity (Wildman–Crippen MR) is 118 cm³/mol. The average Bonchev–Trinajstić information content (AvgIpc) is 2.78. The SMILES string of the molecule is COc1cccc(/C=C2/SC3CCC(C(=O)NCc4cccnc4)CC3NC2=O)c1. The number of hydrogen-bond acceptors (Lipinski definition) is 5. The third-order valence-electron chi connectivity index (χ3n) is 5.56. The molecule has 1 saturated carbocycles. The molecule has 156 valence electrons. The number of nitrogens with one attached hydrogen (secondary N) is 2. The number of hydrogen-bond donors (Lipinski definition) is 2. The van der Waals surface area contributed by atoms with Crippen LogP contribution in [0.5, 0.6) is 5.75 Å². The van der Waals surface area contributed by atoms with Gasteiger partial charge in [0.2, 0.25) is 5.91 Å². The lowest BCUT2D eigenvalue weighted by atomic mass is 9.84. The van der Waals surface area contributed by atoms with Crippen molar-refractivity contribution in [3.05, 3.63) is 64.8 Å². The third-order valence-corrected chi connectivity index (χ3v) is 6.98. The highest BCUT2D eigenvalue weighted by Crippen LogP contribution is 2.40. The second kappa shape index (κ2) is 9.34. The van der Waals surface area contributed by atoms with Crippen LogP contribution < -0.4 is 15.4 Å². The highest BCUT2D eigenvalue weighted by atomic mass is 32.2. The quantitative estimate of drug-likeness (QED) is 0.722. The van der Waals surface area contributed by atoms with Crippen LogP contribution in [0.25, 0.3) is 6.08 Å². The second-order valence-corrected chi connectivity index (χ2v) is 8.89. The fourth-order valence-corrected chi connectivity index (χ4v) is 5.24. The zero-order valence-corrected chi connectivity index (χ0v) is 17.7. The number of amides is 2. The van der Waals surface area contributed by atoms with Gasteiger partial charge in [0.1, 0.15) is 5.75 Å². The van der Waals surface area contributed by atoms with E-state index in [1.54, 1.807) is 31.3 Å². The zero-order valence-electron chi connectivity index (χ0n) is 16.8. The average molecular weight is 424 g/mol. The minimum Gasteiger partial charge on any atom is -0.497 e. The van der Waals surface area contributed by atoms with E-state index in [4.69, 9.17) is 4.74 Å². The summed E-state index contributed by atoms with van der Waals surface area (Å²) in [7, 11) is 1.63. The van der Waals surface area contributed by atoms with Crippen molar-refractivity contribution in [2.24, 2.45) is 5.92 Å². The first-order chi connectivity index (χ1) is 14.6.